The van der Waals surface area contributed by atoms with Crippen LogP contribution in [0, 0.1) is 5.92 Å². The molecule has 0 aromatic heterocycles. The maximum absolute atomic E-state index is 2.26. The largest absolute Gasteiger partial charge is 0.314 e. The van der Waals surface area contributed by atoms with Crippen LogP contribution in [0.15, 0.2) is 0 Å². The van der Waals surface area contributed by atoms with E-state index >= 15 is 0 Å². The molecule has 0 rings (SSSR count). The van der Waals surface area contributed by atoms with E-state index in [-0.39, 0.29) is 19.5 Å². The molecule has 0 heterocycles. The van der Waals surface area contributed by atoms with Crippen molar-refractivity contribution < 1.29 is 19.5 Å². The minimum absolute atomic E-state index is 0. The van der Waals surface area contributed by atoms with Crippen molar-refractivity contribution in [2.75, 3.05) is 0 Å². The number of hydrogen-bond acceptors (Lipinski definition) is 0. The molecule has 0 spiro atoms. The van der Waals surface area contributed by atoms with Crippen LogP contribution in [0.4, 0.5) is 0 Å². The van der Waals surface area contributed by atoms with Crippen LogP contribution >= 0.6 is 0 Å². The average molecular weight is 193 g/mol. The molecular formula is C9H19Zn-. The van der Waals surface area contributed by atoms with Gasteiger partial charge in [0.2, 0.25) is 0 Å². The predicted octanol–water partition coefficient (Wildman–Crippen LogP) is 3.57. The molecule has 0 saturated heterocycles. The smallest absolute Gasteiger partial charge is 0 e. The second kappa shape index (κ2) is 9.62. The Morgan fingerprint density at radius 3 is 1.80 bits per heavy atom. The third kappa shape index (κ3) is 6.74. The Morgan fingerprint density at radius 2 is 1.50 bits per heavy atom. The Labute approximate surface area is 78.5 Å². The van der Waals surface area contributed by atoms with Gasteiger partial charge in [-0.3, -0.25) is 0 Å². The average Bonchev–Trinajstić information content (AvgIpc) is 1.91. The first-order valence-electron chi connectivity index (χ1n) is 4.18. The molecule has 0 aliphatic carbocycles. The predicted molar refractivity (Wildman–Crippen MR) is 43.4 cm³/mol. The third-order valence-electron chi connectivity index (χ3n) is 1.88. The second-order valence-corrected chi connectivity index (χ2v) is 2.56. The molecule has 0 atom stereocenters. The zero-order chi connectivity index (χ0) is 7.11. The van der Waals surface area contributed by atoms with Gasteiger partial charge in [-0.2, -0.15) is 19.3 Å². The van der Waals surface area contributed by atoms with E-state index in [9.17, 15) is 0 Å². The maximum atomic E-state index is 2.26. The van der Waals surface area contributed by atoms with Gasteiger partial charge in [-0.25, -0.2) is 0 Å². The third-order valence-corrected chi connectivity index (χ3v) is 1.88. The normalized spacial score (nSPS) is 9.60. The van der Waals surface area contributed by atoms with E-state index in [1.807, 2.05) is 0 Å². The van der Waals surface area contributed by atoms with Crippen LogP contribution < -0.4 is 0 Å². The molecule has 0 saturated carbocycles. The van der Waals surface area contributed by atoms with Crippen LogP contribution in [0.3, 0.4) is 0 Å². The summed E-state index contributed by atoms with van der Waals surface area (Å²) in [5, 5.41) is 0. The molecule has 0 radical (unpaired) electrons. The SMILES string of the molecule is CCCC[C-](CC)CC.[Zn]. The quantitative estimate of drug-likeness (QED) is 0.462. The summed E-state index contributed by atoms with van der Waals surface area (Å²) in [5.41, 5.74) is 0. The van der Waals surface area contributed by atoms with Gasteiger partial charge in [0.25, 0.3) is 0 Å². The molecule has 10 heavy (non-hydrogen) atoms. The van der Waals surface area contributed by atoms with Crippen molar-refractivity contribution in [2.24, 2.45) is 0 Å². The molecule has 0 aromatic carbocycles. The van der Waals surface area contributed by atoms with Gasteiger partial charge in [0.05, 0.1) is 0 Å². The minimum atomic E-state index is 0. The summed E-state index contributed by atoms with van der Waals surface area (Å²) < 4.78 is 0. The first-order valence-corrected chi connectivity index (χ1v) is 4.18. The molecule has 1 heteroatoms. The van der Waals surface area contributed by atoms with E-state index in [1.54, 1.807) is 5.92 Å². The van der Waals surface area contributed by atoms with E-state index in [2.05, 4.69) is 20.8 Å². The zero-order valence-electron chi connectivity index (χ0n) is 7.74. The molecule has 0 N–H and O–H groups in total. The summed E-state index contributed by atoms with van der Waals surface area (Å²) in [7, 11) is 0. The van der Waals surface area contributed by atoms with E-state index in [1.165, 1.54) is 32.1 Å². The van der Waals surface area contributed by atoms with E-state index in [0.717, 1.165) is 0 Å². The Kier molecular flexibility index (Phi) is 12.7. The molecule has 0 unspecified atom stereocenters. The number of rotatable bonds is 5. The van der Waals surface area contributed by atoms with Crippen LogP contribution in [-0.4, -0.2) is 0 Å². The first-order chi connectivity index (χ1) is 4.35. The Hall–Kier alpha value is 0.623. The fourth-order valence-corrected chi connectivity index (χ4v) is 1.03. The summed E-state index contributed by atoms with van der Waals surface area (Å²) in [6.45, 7) is 6.77. The zero-order valence-corrected chi connectivity index (χ0v) is 10.7. The van der Waals surface area contributed by atoms with Gasteiger partial charge in [-0.15, -0.1) is 0 Å². The number of hydrogen-bond donors (Lipinski definition) is 0. The summed E-state index contributed by atoms with van der Waals surface area (Å²) in [6.07, 6.45) is 6.66. The van der Waals surface area contributed by atoms with Gasteiger partial charge in [0.1, 0.15) is 0 Å². The van der Waals surface area contributed by atoms with Crippen LogP contribution in [0.2, 0.25) is 0 Å². The van der Waals surface area contributed by atoms with Gasteiger partial charge in [-0.05, 0) is 0 Å². The van der Waals surface area contributed by atoms with Crippen molar-refractivity contribution >= 4 is 0 Å². The van der Waals surface area contributed by atoms with Crippen LogP contribution in [0.1, 0.15) is 52.9 Å². The van der Waals surface area contributed by atoms with Crippen LogP contribution in [0.5, 0.6) is 0 Å². The molecule has 0 nitrogen and oxygen atoms in total. The minimum Gasteiger partial charge on any atom is -0.314 e. The summed E-state index contributed by atoms with van der Waals surface area (Å²) in [4.78, 5) is 0. The van der Waals surface area contributed by atoms with Gasteiger partial charge in [-0.1, -0.05) is 33.6 Å². The molecule has 58 valence electrons. The Balaban J connectivity index is 0. The molecular weight excluding hydrogens is 173 g/mol. The van der Waals surface area contributed by atoms with E-state index in [0.29, 0.717) is 0 Å². The van der Waals surface area contributed by atoms with Gasteiger partial charge in [0, 0.05) is 19.5 Å². The van der Waals surface area contributed by atoms with Gasteiger partial charge < -0.3 is 5.92 Å². The Morgan fingerprint density at radius 1 is 1.00 bits per heavy atom. The first kappa shape index (κ1) is 13.2. The summed E-state index contributed by atoms with van der Waals surface area (Å²) in [5.74, 6) is 1.73. The summed E-state index contributed by atoms with van der Waals surface area (Å²) >= 11 is 0. The van der Waals surface area contributed by atoms with Crippen molar-refractivity contribution in [3.8, 4) is 0 Å². The molecule has 0 fully saturated rings. The second-order valence-electron chi connectivity index (χ2n) is 2.56. The van der Waals surface area contributed by atoms with Gasteiger partial charge >= 0.3 is 0 Å². The molecule has 0 aromatic rings. The number of unbranched alkanes of at least 4 members (excludes halogenated alkanes) is 1. The van der Waals surface area contributed by atoms with Crippen LogP contribution in [0.25, 0.3) is 0 Å². The van der Waals surface area contributed by atoms with Crippen molar-refractivity contribution in [3.05, 3.63) is 5.92 Å². The van der Waals surface area contributed by atoms with Gasteiger partial charge in [0.15, 0.2) is 0 Å². The molecule has 0 amide bonds. The van der Waals surface area contributed by atoms with Crippen molar-refractivity contribution in [1.82, 2.24) is 0 Å². The fourth-order valence-electron chi connectivity index (χ4n) is 1.03. The Bertz CT molecular complexity index is 48.7. The van der Waals surface area contributed by atoms with Crippen molar-refractivity contribution in [3.63, 3.8) is 0 Å². The van der Waals surface area contributed by atoms with Crippen molar-refractivity contribution in [2.45, 2.75) is 52.9 Å². The van der Waals surface area contributed by atoms with Crippen molar-refractivity contribution in [1.29, 1.82) is 0 Å². The molecule has 0 aliphatic heterocycles. The van der Waals surface area contributed by atoms with Crippen LogP contribution in [-0.2, 0) is 19.5 Å². The monoisotopic (exact) mass is 191 g/mol. The van der Waals surface area contributed by atoms with E-state index < -0.39 is 0 Å². The molecule has 0 aliphatic rings. The van der Waals surface area contributed by atoms with E-state index in [4.69, 9.17) is 0 Å². The maximum Gasteiger partial charge on any atom is 0 e. The summed E-state index contributed by atoms with van der Waals surface area (Å²) in [6, 6.07) is 0. The standard InChI is InChI=1S/C9H19.Zn/c1-4-7-8-9(5-2)6-3;/h4-8H2,1-3H3;/q-1;. The molecule has 0 bridgehead atoms. The fraction of sp³-hybridized carbons (Fsp3) is 0.889. The topological polar surface area (TPSA) is 0 Å².